The molecule has 2 amide bonds. The molecule has 1 aromatic carbocycles. The topological polar surface area (TPSA) is 118 Å². The zero-order valence-electron chi connectivity index (χ0n) is 11.5. The summed E-state index contributed by atoms with van der Waals surface area (Å²) in [5.41, 5.74) is 0.0972. The summed E-state index contributed by atoms with van der Waals surface area (Å²) in [6, 6.07) is 5.05. The maximum Gasteiger partial charge on any atom is 0.316 e. The molecule has 0 saturated carbocycles. The Morgan fingerprint density at radius 2 is 2.00 bits per heavy atom. The Kier molecular flexibility index (Phi) is 4.45. The number of carboxylic acids is 1. The minimum atomic E-state index is -1.06. The molecule has 1 aromatic rings. The number of nitrogens with zero attached hydrogens (tertiary/aromatic N) is 2. The van der Waals surface area contributed by atoms with Crippen molar-refractivity contribution in [3.8, 4) is 0 Å². The third-order valence-corrected chi connectivity index (χ3v) is 4.45. The van der Waals surface area contributed by atoms with Gasteiger partial charge < -0.3 is 5.11 Å². The zero-order valence-corrected chi connectivity index (χ0v) is 12.3. The summed E-state index contributed by atoms with van der Waals surface area (Å²) >= 11 is 0.914. The summed E-state index contributed by atoms with van der Waals surface area (Å²) in [5, 5.41) is 17.9. The molecule has 0 aromatic heterocycles. The van der Waals surface area contributed by atoms with Gasteiger partial charge in [-0.3, -0.25) is 24.5 Å². The molecule has 2 atom stereocenters. The van der Waals surface area contributed by atoms with Crippen LogP contribution in [0.3, 0.4) is 0 Å². The Hall–Kier alpha value is -2.42. The molecule has 0 aliphatic carbocycles. The van der Waals surface area contributed by atoms with Crippen molar-refractivity contribution >= 4 is 40.9 Å². The number of nitro benzene ring substituents is 1. The summed E-state index contributed by atoms with van der Waals surface area (Å²) in [4.78, 5) is 46.0. The van der Waals surface area contributed by atoms with Gasteiger partial charge in [0.15, 0.2) is 0 Å². The van der Waals surface area contributed by atoms with Crippen LogP contribution in [0.2, 0.25) is 0 Å². The molecule has 1 aliphatic rings. The molecule has 0 radical (unpaired) electrons. The lowest BCUT2D eigenvalue weighted by Crippen LogP contribution is -2.31. The largest absolute Gasteiger partial charge is 0.480 e. The van der Waals surface area contributed by atoms with Gasteiger partial charge in [0.05, 0.1) is 15.9 Å². The molecule has 1 aliphatic heterocycles. The van der Waals surface area contributed by atoms with E-state index in [0.29, 0.717) is 0 Å². The second kappa shape index (κ2) is 6.14. The number of benzene rings is 1. The third kappa shape index (κ3) is 3.08. The quantitative estimate of drug-likeness (QED) is 0.494. The molecule has 0 bridgehead atoms. The van der Waals surface area contributed by atoms with Gasteiger partial charge in [0.1, 0.15) is 5.25 Å². The van der Waals surface area contributed by atoms with Crippen LogP contribution in [0.4, 0.5) is 11.4 Å². The van der Waals surface area contributed by atoms with E-state index in [1.165, 1.54) is 31.2 Å². The molecular weight excluding hydrogens is 312 g/mol. The zero-order chi connectivity index (χ0) is 16.4. The number of rotatable bonds is 5. The van der Waals surface area contributed by atoms with Gasteiger partial charge in [-0.1, -0.05) is 0 Å². The van der Waals surface area contributed by atoms with Gasteiger partial charge in [-0.25, -0.2) is 4.90 Å². The Balaban J connectivity index is 2.18. The van der Waals surface area contributed by atoms with Crippen molar-refractivity contribution < 1.29 is 24.4 Å². The molecule has 1 fully saturated rings. The van der Waals surface area contributed by atoms with Crippen LogP contribution in [0.1, 0.15) is 13.3 Å². The molecule has 2 rings (SSSR count). The van der Waals surface area contributed by atoms with E-state index in [-0.39, 0.29) is 17.8 Å². The van der Waals surface area contributed by atoms with E-state index in [1.807, 2.05) is 0 Å². The highest BCUT2D eigenvalue weighted by Crippen LogP contribution is 2.32. The van der Waals surface area contributed by atoms with E-state index in [1.54, 1.807) is 0 Å². The van der Waals surface area contributed by atoms with Crippen LogP contribution in [0.15, 0.2) is 24.3 Å². The van der Waals surface area contributed by atoms with Gasteiger partial charge in [-0.05, 0) is 19.1 Å². The van der Waals surface area contributed by atoms with Crippen molar-refractivity contribution in [1.29, 1.82) is 0 Å². The predicted octanol–water partition coefficient (Wildman–Crippen LogP) is 1.43. The van der Waals surface area contributed by atoms with E-state index in [0.717, 1.165) is 16.7 Å². The SMILES string of the molecule is CC(SC1CC(=O)N(c2ccc([N+](=O)[O-])cc2)C1=O)C(=O)O. The molecule has 1 N–H and O–H groups in total. The molecule has 1 heterocycles. The first-order chi connectivity index (χ1) is 10.3. The minimum absolute atomic E-state index is 0.0852. The van der Waals surface area contributed by atoms with Gasteiger partial charge in [0.2, 0.25) is 11.8 Å². The maximum atomic E-state index is 12.3. The number of carbonyl (C=O) groups is 3. The third-order valence-electron chi connectivity index (χ3n) is 3.14. The molecule has 22 heavy (non-hydrogen) atoms. The second-order valence-electron chi connectivity index (χ2n) is 4.65. The summed E-state index contributed by atoms with van der Waals surface area (Å²) < 4.78 is 0. The van der Waals surface area contributed by atoms with Crippen molar-refractivity contribution in [3.63, 3.8) is 0 Å². The highest BCUT2D eigenvalue weighted by molar-refractivity contribution is 8.01. The number of nitro groups is 1. The fraction of sp³-hybridized carbons (Fsp3) is 0.308. The van der Waals surface area contributed by atoms with Gasteiger partial charge >= 0.3 is 5.97 Å². The predicted molar refractivity (Wildman–Crippen MR) is 78.7 cm³/mol. The van der Waals surface area contributed by atoms with Crippen LogP contribution >= 0.6 is 11.8 Å². The van der Waals surface area contributed by atoms with Crippen LogP contribution in [0.25, 0.3) is 0 Å². The van der Waals surface area contributed by atoms with E-state index >= 15 is 0 Å². The van der Waals surface area contributed by atoms with E-state index < -0.39 is 33.2 Å². The van der Waals surface area contributed by atoms with Gasteiger partial charge in [0.25, 0.3) is 5.69 Å². The van der Waals surface area contributed by atoms with Gasteiger partial charge in [-0.2, -0.15) is 0 Å². The number of aliphatic carboxylic acids is 1. The monoisotopic (exact) mass is 324 g/mol. The lowest BCUT2D eigenvalue weighted by atomic mass is 10.2. The van der Waals surface area contributed by atoms with Crippen molar-refractivity contribution in [2.75, 3.05) is 4.90 Å². The summed E-state index contributed by atoms with van der Waals surface area (Å²) in [6.07, 6.45) is -0.0852. The molecule has 8 nitrogen and oxygen atoms in total. The lowest BCUT2D eigenvalue weighted by Gasteiger charge is -2.15. The number of amides is 2. The number of non-ortho nitro benzene ring substituents is 1. The molecule has 1 saturated heterocycles. The van der Waals surface area contributed by atoms with E-state index in [9.17, 15) is 24.5 Å². The van der Waals surface area contributed by atoms with Crippen LogP contribution in [0.5, 0.6) is 0 Å². The summed E-state index contributed by atoms with van der Waals surface area (Å²) in [6.45, 7) is 1.44. The number of carbonyl (C=O) groups excluding carboxylic acids is 2. The van der Waals surface area contributed by atoms with E-state index in [4.69, 9.17) is 5.11 Å². The fourth-order valence-corrected chi connectivity index (χ4v) is 3.08. The average Bonchev–Trinajstić information content (AvgIpc) is 2.73. The number of hydrogen-bond donors (Lipinski definition) is 1. The molecule has 0 spiro atoms. The van der Waals surface area contributed by atoms with Crippen molar-refractivity contribution in [3.05, 3.63) is 34.4 Å². The molecule has 2 unspecified atom stereocenters. The number of anilines is 1. The van der Waals surface area contributed by atoms with Crippen molar-refractivity contribution in [1.82, 2.24) is 0 Å². The number of hydrogen-bond acceptors (Lipinski definition) is 6. The van der Waals surface area contributed by atoms with Crippen LogP contribution < -0.4 is 4.90 Å². The second-order valence-corrected chi connectivity index (χ2v) is 6.20. The average molecular weight is 324 g/mol. The summed E-state index contributed by atoms with van der Waals surface area (Å²) in [5.74, 6) is -2.01. The number of thioether (sulfide) groups is 1. The number of carboxylic acid groups (broad SMARTS) is 1. The Morgan fingerprint density at radius 3 is 2.50 bits per heavy atom. The molecular formula is C13H12N2O6S. The standard InChI is InChI=1S/C13H12N2O6S/c1-7(13(18)19)22-10-6-11(16)14(12(10)17)8-2-4-9(5-3-8)15(20)21/h2-5,7,10H,6H2,1H3,(H,18,19). The van der Waals surface area contributed by atoms with Crippen LogP contribution in [0, 0.1) is 10.1 Å². The first kappa shape index (κ1) is 16.0. The number of imide groups is 1. The van der Waals surface area contributed by atoms with Crippen molar-refractivity contribution in [2.24, 2.45) is 0 Å². The van der Waals surface area contributed by atoms with Gasteiger partial charge in [-0.15, -0.1) is 11.8 Å². The highest BCUT2D eigenvalue weighted by atomic mass is 32.2. The Morgan fingerprint density at radius 1 is 1.41 bits per heavy atom. The van der Waals surface area contributed by atoms with Crippen LogP contribution in [-0.2, 0) is 14.4 Å². The fourth-order valence-electron chi connectivity index (χ4n) is 2.01. The van der Waals surface area contributed by atoms with E-state index in [2.05, 4.69) is 0 Å². The first-order valence-corrected chi connectivity index (χ1v) is 7.25. The Bertz CT molecular complexity index is 644. The normalized spacial score (nSPS) is 19.3. The maximum absolute atomic E-state index is 12.3. The van der Waals surface area contributed by atoms with Crippen LogP contribution in [-0.4, -0.2) is 38.3 Å². The lowest BCUT2D eigenvalue weighted by molar-refractivity contribution is -0.384. The molecule has 9 heteroatoms. The molecule has 116 valence electrons. The highest BCUT2D eigenvalue weighted by Gasteiger charge is 2.41. The summed E-state index contributed by atoms with van der Waals surface area (Å²) in [7, 11) is 0. The van der Waals surface area contributed by atoms with Gasteiger partial charge in [0, 0.05) is 18.6 Å². The first-order valence-electron chi connectivity index (χ1n) is 6.30. The smallest absolute Gasteiger partial charge is 0.316 e. The minimum Gasteiger partial charge on any atom is -0.480 e. The van der Waals surface area contributed by atoms with Crippen molar-refractivity contribution in [2.45, 2.75) is 23.8 Å². The Labute approximate surface area is 129 Å².